The van der Waals surface area contributed by atoms with Crippen molar-refractivity contribution >= 4 is 15.9 Å². The molecular weight excluding hydrogens is 204 g/mol. The van der Waals surface area contributed by atoms with Gasteiger partial charge in [0.25, 0.3) is 0 Å². The molecule has 0 rings (SSSR count). The van der Waals surface area contributed by atoms with Crippen LogP contribution in [-0.4, -0.2) is 10.1 Å². The van der Waals surface area contributed by atoms with Gasteiger partial charge in [-0.1, -0.05) is 55.0 Å². The van der Waals surface area contributed by atoms with Gasteiger partial charge in [-0.05, 0) is 12.8 Å². The number of hydrogen-bond donors (Lipinski definition) is 1. The van der Waals surface area contributed by atoms with Crippen LogP contribution in [0.1, 0.15) is 51.9 Å². The highest BCUT2D eigenvalue weighted by atomic mass is 79.9. The third kappa shape index (κ3) is 10.4. The molecule has 0 radical (unpaired) electrons. The molecule has 0 bridgehead atoms. The molecule has 0 saturated heterocycles. The summed E-state index contributed by atoms with van der Waals surface area (Å²) in [5, 5.41) is 8.59. The van der Waals surface area contributed by atoms with E-state index in [1.54, 1.807) is 0 Å². The topological polar surface area (TPSA) is 20.2 Å². The lowest BCUT2D eigenvalue weighted by Crippen LogP contribution is -1.93. The van der Waals surface area contributed by atoms with Crippen molar-refractivity contribution in [2.24, 2.45) is 0 Å². The second-order valence-electron chi connectivity index (χ2n) is 2.99. The van der Waals surface area contributed by atoms with Crippen LogP contribution in [0.15, 0.2) is 0 Å². The molecule has 0 aliphatic heterocycles. The summed E-state index contributed by atoms with van der Waals surface area (Å²) in [5.41, 5.74) is 0. The first kappa shape index (κ1) is 11.4. The Morgan fingerprint density at radius 2 is 1.64 bits per heavy atom. The molecule has 1 N–H and O–H groups in total. The minimum Gasteiger partial charge on any atom is -0.382 e. The lowest BCUT2D eigenvalue weighted by molar-refractivity contribution is 0.254. The minimum atomic E-state index is -0.284. The number of aliphatic hydroxyl groups excluding tert-OH is 1. The van der Waals surface area contributed by atoms with Crippen LogP contribution in [-0.2, 0) is 0 Å². The highest BCUT2D eigenvalue weighted by molar-refractivity contribution is 9.09. The van der Waals surface area contributed by atoms with Crippen LogP contribution >= 0.6 is 15.9 Å². The predicted molar refractivity (Wildman–Crippen MR) is 52.9 cm³/mol. The summed E-state index contributed by atoms with van der Waals surface area (Å²) in [6, 6.07) is 0. The van der Waals surface area contributed by atoms with Crippen molar-refractivity contribution in [2.75, 3.05) is 0 Å². The van der Waals surface area contributed by atoms with Gasteiger partial charge in [-0.15, -0.1) is 0 Å². The highest BCUT2D eigenvalue weighted by Gasteiger charge is 1.96. The molecule has 0 aromatic heterocycles. The van der Waals surface area contributed by atoms with Crippen LogP contribution in [0.2, 0.25) is 0 Å². The molecule has 11 heavy (non-hydrogen) atoms. The molecule has 0 heterocycles. The summed E-state index contributed by atoms with van der Waals surface area (Å²) in [6.07, 6.45) is 8.66. The monoisotopic (exact) mass is 222 g/mol. The molecule has 2 heteroatoms. The zero-order valence-electron chi connectivity index (χ0n) is 7.35. The highest BCUT2D eigenvalue weighted by Crippen LogP contribution is 2.10. The summed E-state index contributed by atoms with van der Waals surface area (Å²) >= 11 is 3.11. The zero-order chi connectivity index (χ0) is 8.53. The molecule has 0 amide bonds. The van der Waals surface area contributed by atoms with Crippen LogP contribution in [0, 0.1) is 0 Å². The number of unbranched alkanes of at least 4 members (excludes halogenated alkanes) is 5. The number of hydrogen-bond acceptors (Lipinski definition) is 1. The van der Waals surface area contributed by atoms with Gasteiger partial charge >= 0.3 is 0 Å². The third-order valence-electron chi connectivity index (χ3n) is 1.80. The van der Waals surface area contributed by atoms with E-state index in [1.165, 1.54) is 32.1 Å². The molecule has 0 aliphatic carbocycles. The third-order valence-corrected chi connectivity index (χ3v) is 2.25. The van der Waals surface area contributed by atoms with Gasteiger partial charge in [-0.3, -0.25) is 0 Å². The van der Waals surface area contributed by atoms with Crippen molar-refractivity contribution in [3.63, 3.8) is 0 Å². The number of rotatable bonds is 7. The molecule has 0 aromatic rings. The first-order chi connectivity index (χ1) is 5.27. The Morgan fingerprint density at radius 3 is 2.18 bits per heavy atom. The van der Waals surface area contributed by atoms with E-state index in [1.807, 2.05) is 0 Å². The fourth-order valence-corrected chi connectivity index (χ4v) is 1.42. The Balaban J connectivity index is 2.80. The average Bonchev–Trinajstić information content (AvgIpc) is 1.96. The number of halogens is 1. The van der Waals surface area contributed by atoms with Gasteiger partial charge in [0.05, 0.1) is 0 Å². The van der Waals surface area contributed by atoms with Crippen molar-refractivity contribution in [3.05, 3.63) is 0 Å². The Kier molecular flexibility index (Phi) is 8.88. The standard InChI is InChI=1S/C9H19BrO/c1-2-3-4-5-6-7-8-9(10)11/h9,11H,2-8H2,1H3. The lowest BCUT2D eigenvalue weighted by atomic mass is 10.1. The molecule has 0 fully saturated rings. The van der Waals surface area contributed by atoms with Crippen LogP contribution in [0.5, 0.6) is 0 Å². The fraction of sp³-hybridized carbons (Fsp3) is 1.00. The van der Waals surface area contributed by atoms with Gasteiger partial charge in [-0.2, -0.15) is 0 Å². The van der Waals surface area contributed by atoms with E-state index >= 15 is 0 Å². The first-order valence-electron chi connectivity index (χ1n) is 4.59. The maximum atomic E-state index is 8.87. The van der Waals surface area contributed by atoms with Gasteiger partial charge in [0.1, 0.15) is 5.01 Å². The van der Waals surface area contributed by atoms with Crippen LogP contribution < -0.4 is 0 Å². The fourth-order valence-electron chi connectivity index (χ4n) is 1.09. The van der Waals surface area contributed by atoms with E-state index in [4.69, 9.17) is 5.11 Å². The lowest BCUT2D eigenvalue weighted by Gasteiger charge is -2.01. The van der Waals surface area contributed by atoms with E-state index in [-0.39, 0.29) is 5.01 Å². The molecule has 1 unspecified atom stereocenters. The van der Waals surface area contributed by atoms with E-state index in [0.29, 0.717) is 0 Å². The summed E-state index contributed by atoms with van der Waals surface area (Å²) in [4.78, 5) is 0. The first-order valence-corrected chi connectivity index (χ1v) is 5.51. The van der Waals surface area contributed by atoms with Crippen molar-refractivity contribution in [2.45, 2.75) is 56.9 Å². The molecule has 1 nitrogen and oxygen atoms in total. The van der Waals surface area contributed by atoms with Gasteiger partial charge in [0, 0.05) is 0 Å². The van der Waals surface area contributed by atoms with Crippen LogP contribution in [0.3, 0.4) is 0 Å². The normalized spacial score (nSPS) is 13.4. The van der Waals surface area contributed by atoms with Crippen molar-refractivity contribution in [3.8, 4) is 0 Å². The van der Waals surface area contributed by atoms with E-state index in [0.717, 1.165) is 12.8 Å². The predicted octanol–water partition coefficient (Wildman–Crippen LogP) is 3.45. The average molecular weight is 223 g/mol. The van der Waals surface area contributed by atoms with E-state index < -0.39 is 0 Å². The van der Waals surface area contributed by atoms with Crippen molar-refractivity contribution in [1.82, 2.24) is 0 Å². The molecule has 1 atom stereocenters. The van der Waals surface area contributed by atoms with Gasteiger partial charge in [-0.25, -0.2) is 0 Å². The number of alkyl halides is 1. The SMILES string of the molecule is CCCCCCCCC(O)Br. The van der Waals surface area contributed by atoms with E-state index in [2.05, 4.69) is 22.9 Å². The Bertz CT molecular complexity index is 74.0. The Morgan fingerprint density at radius 1 is 1.09 bits per heavy atom. The molecule has 0 aliphatic rings. The van der Waals surface area contributed by atoms with Crippen molar-refractivity contribution < 1.29 is 5.11 Å². The Hall–Kier alpha value is 0.440. The van der Waals surface area contributed by atoms with Crippen molar-refractivity contribution in [1.29, 1.82) is 0 Å². The second-order valence-corrected chi connectivity index (χ2v) is 4.05. The van der Waals surface area contributed by atoms with Gasteiger partial charge in [0.15, 0.2) is 0 Å². The largest absolute Gasteiger partial charge is 0.382 e. The molecule has 0 saturated carbocycles. The second kappa shape index (κ2) is 8.54. The zero-order valence-corrected chi connectivity index (χ0v) is 8.94. The number of aliphatic hydroxyl groups is 1. The van der Waals surface area contributed by atoms with Crippen LogP contribution in [0.25, 0.3) is 0 Å². The Labute approximate surface area is 78.3 Å². The molecule has 68 valence electrons. The summed E-state index contributed by atoms with van der Waals surface area (Å²) in [7, 11) is 0. The molecule has 0 aromatic carbocycles. The summed E-state index contributed by atoms with van der Waals surface area (Å²) in [6.45, 7) is 2.22. The quantitative estimate of drug-likeness (QED) is 0.517. The maximum absolute atomic E-state index is 8.87. The summed E-state index contributed by atoms with van der Waals surface area (Å²) in [5.74, 6) is 0. The smallest absolute Gasteiger partial charge is 0.109 e. The van der Waals surface area contributed by atoms with Gasteiger partial charge < -0.3 is 5.11 Å². The summed E-state index contributed by atoms with van der Waals surface area (Å²) < 4.78 is 0. The maximum Gasteiger partial charge on any atom is 0.109 e. The minimum absolute atomic E-state index is 0.284. The van der Waals surface area contributed by atoms with Crippen LogP contribution in [0.4, 0.5) is 0 Å². The van der Waals surface area contributed by atoms with Gasteiger partial charge in [0.2, 0.25) is 0 Å². The van der Waals surface area contributed by atoms with E-state index in [9.17, 15) is 0 Å². The molecule has 0 spiro atoms. The molecular formula is C9H19BrO.